The Balaban J connectivity index is -0.0000000731. The van der Waals surface area contributed by atoms with Crippen LogP contribution < -0.4 is 11.5 Å². The molecule has 0 radical (unpaired) electrons. The quantitative estimate of drug-likeness (QED) is 0.171. The molecule has 0 rings (SSSR count). The predicted molar refractivity (Wildman–Crippen MR) is 79.0 cm³/mol. The van der Waals surface area contributed by atoms with Crippen molar-refractivity contribution in [1.82, 2.24) is 0 Å². The van der Waals surface area contributed by atoms with E-state index in [4.69, 9.17) is 38.9 Å². The highest BCUT2D eigenvalue weighted by atomic mass is 32.5. The lowest BCUT2D eigenvalue weighted by atomic mass is 11.5. The molecule has 112 valence electrons. The molecule has 0 aromatic rings. The van der Waals surface area contributed by atoms with E-state index in [2.05, 4.69) is 60.3 Å². The Bertz CT molecular complexity index is 269. The van der Waals surface area contributed by atoms with Crippen LogP contribution >= 0.6 is 38.7 Å². The van der Waals surface area contributed by atoms with Gasteiger partial charge in [0.15, 0.2) is 0 Å². The van der Waals surface area contributed by atoms with Gasteiger partial charge in [-0.25, -0.2) is 0 Å². The number of amides is 2. The van der Waals surface area contributed by atoms with E-state index in [9.17, 15) is 0 Å². The normalized spacial score (nSPS) is 9.33. The van der Waals surface area contributed by atoms with Crippen LogP contribution in [0.2, 0.25) is 0 Å². The fourth-order valence-electron chi connectivity index (χ4n) is 0. The van der Waals surface area contributed by atoms with Gasteiger partial charge in [0.2, 0.25) is 0 Å². The SMILES string of the molecule is NC(=O)S.NC(=O)S.OP(O)(O)=S.OP(O)(O)=S. The van der Waals surface area contributed by atoms with Gasteiger partial charge in [-0.3, -0.25) is 9.59 Å². The van der Waals surface area contributed by atoms with Gasteiger partial charge in [-0.2, -0.15) is 0 Å². The van der Waals surface area contributed by atoms with Crippen molar-refractivity contribution in [3.8, 4) is 0 Å². The van der Waals surface area contributed by atoms with Crippen molar-refractivity contribution >= 4 is 72.8 Å². The fourth-order valence-corrected chi connectivity index (χ4v) is 0. The number of primary amides is 2. The lowest BCUT2D eigenvalue weighted by molar-refractivity contribution is 0.266. The van der Waals surface area contributed by atoms with Crippen molar-refractivity contribution in [3.05, 3.63) is 0 Å². The van der Waals surface area contributed by atoms with E-state index in [1.807, 2.05) is 0 Å². The maximum absolute atomic E-state index is 9.09. The van der Waals surface area contributed by atoms with E-state index in [1.165, 1.54) is 0 Å². The minimum Gasteiger partial charge on any atom is -0.361 e. The molecule has 10 N–H and O–H groups in total. The van der Waals surface area contributed by atoms with Crippen molar-refractivity contribution in [3.63, 3.8) is 0 Å². The monoisotopic (exact) mass is 382 g/mol. The zero-order valence-electron chi connectivity index (χ0n) is 8.26. The summed E-state index contributed by atoms with van der Waals surface area (Å²) in [5.74, 6) is 0. The van der Waals surface area contributed by atoms with Gasteiger partial charge in [0.05, 0.1) is 0 Å². The zero-order chi connectivity index (χ0) is 16.2. The van der Waals surface area contributed by atoms with Crippen LogP contribution in [0.25, 0.3) is 0 Å². The zero-order valence-corrected chi connectivity index (χ0v) is 13.5. The molecular weight excluding hydrogens is 370 g/mol. The Kier molecular flexibility index (Phi) is 21.3. The number of hydrogen-bond acceptors (Lipinski definition) is 4. The number of carbonyl (C=O) groups excluding carboxylic acids is 2. The first kappa shape index (κ1) is 27.1. The predicted octanol–water partition coefficient (Wildman–Crippen LogP) is -1.63. The summed E-state index contributed by atoms with van der Waals surface area (Å²) >= 11 is 13.4. The van der Waals surface area contributed by atoms with Crippen LogP contribution in [-0.4, -0.2) is 39.8 Å². The average molecular weight is 382 g/mol. The first-order valence-electron chi connectivity index (χ1n) is 3.00. The third-order valence-electron chi connectivity index (χ3n) is 0. The molecule has 0 saturated heterocycles. The highest BCUT2D eigenvalue weighted by Crippen LogP contribution is 2.26. The number of hydrogen-bond donors (Lipinski definition) is 10. The third-order valence-corrected chi connectivity index (χ3v) is 0. The van der Waals surface area contributed by atoms with Crippen molar-refractivity contribution in [2.75, 3.05) is 0 Å². The van der Waals surface area contributed by atoms with E-state index in [0.29, 0.717) is 0 Å². The second-order valence-electron chi connectivity index (χ2n) is 1.70. The summed E-state index contributed by atoms with van der Waals surface area (Å²) < 4.78 is 0. The molecule has 0 spiro atoms. The lowest BCUT2D eigenvalue weighted by Gasteiger charge is -1.88. The molecule has 0 atom stereocenters. The second kappa shape index (κ2) is 14.1. The van der Waals surface area contributed by atoms with Crippen LogP contribution in [0.4, 0.5) is 9.59 Å². The van der Waals surface area contributed by atoms with Gasteiger partial charge in [0.1, 0.15) is 0 Å². The standard InChI is InChI=1S/2CH3NOS.2H3O3PS/c2*2-1(3)4;2*1-4(2,3)5/h2*(H3,2,3,4);2*(H3,1,2,3,5). The Morgan fingerprint density at radius 1 is 0.778 bits per heavy atom. The minimum atomic E-state index is -3.81. The van der Waals surface area contributed by atoms with Crippen LogP contribution in [0.3, 0.4) is 0 Å². The molecule has 0 aliphatic heterocycles. The van der Waals surface area contributed by atoms with Crippen LogP contribution in [-0.2, 0) is 23.6 Å². The molecule has 10 nitrogen and oxygen atoms in total. The lowest BCUT2D eigenvalue weighted by Crippen LogP contribution is -1.95. The number of thiol groups is 2. The molecule has 0 aliphatic rings. The van der Waals surface area contributed by atoms with Gasteiger partial charge < -0.3 is 40.8 Å². The maximum Gasteiger partial charge on any atom is 0.319 e. The molecule has 0 saturated carbocycles. The van der Waals surface area contributed by atoms with E-state index < -0.39 is 23.9 Å². The number of nitrogens with two attached hydrogens (primary N) is 2. The largest absolute Gasteiger partial charge is 0.361 e. The van der Waals surface area contributed by atoms with Gasteiger partial charge in [-0.05, 0) is 23.6 Å². The van der Waals surface area contributed by atoms with Crippen LogP contribution in [0.5, 0.6) is 0 Å². The van der Waals surface area contributed by atoms with E-state index >= 15 is 0 Å². The molecular formula is C2H12N2O8P2S4. The van der Waals surface area contributed by atoms with E-state index in [-0.39, 0.29) is 0 Å². The maximum atomic E-state index is 9.09. The molecule has 18 heavy (non-hydrogen) atoms. The summed E-state index contributed by atoms with van der Waals surface area (Å²) in [5.41, 5.74) is 8.67. The van der Waals surface area contributed by atoms with Gasteiger partial charge in [0.25, 0.3) is 10.5 Å². The van der Waals surface area contributed by atoms with Gasteiger partial charge in [-0.1, -0.05) is 25.3 Å². The molecule has 0 heterocycles. The molecule has 0 aromatic heterocycles. The smallest absolute Gasteiger partial charge is 0.319 e. The summed E-state index contributed by atoms with van der Waals surface area (Å²) in [6.07, 6.45) is 0. The Morgan fingerprint density at radius 2 is 0.778 bits per heavy atom. The molecule has 0 fully saturated rings. The van der Waals surface area contributed by atoms with Crippen LogP contribution in [0.1, 0.15) is 0 Å². The van der Waals surface area contributed by atoms with Gasteiger partial charge in [-0.15, -0.1) is 0 Å². The summed E-state index contributed by atoms with van der Waals surface area (Å²) in [6.45, 7) is -7.61. The first-order valence-corrected chi connectivity index (χ1v) is 9.21. The molecule has 0 bridgehead atoms. The highest BCUT2D eigenvalue weighted by Gasteiger charge is 1.92. The molecule has 0 unspecified atom stereocenters. The summed E-state index contributed by atoms with van der Waals surface area (Å²) in [4.78, 5) is 63.5. The fraction of sp³-hybridized carbons (Fsp3) is 0. The van der Waals surface area contributed by atoms with Crippen LogP contribution in [0.15, 0.2) is 0 Å². The van der Waals surface area contributed by atoms with Crippen LogP contribution in [0, 0.1) is 0 Å². The Morgan fingerprint density at radius 3 is 0.778 bits per heavy atom. The second-order valence-corrected chi connectivity index (χ2v) is 7.58. The molecule has 0 aliphatic carbocycles. The van der Waals surface area contributed by atoms with E-state index in [1.54, 1.807) is 0 Å². The molecule has 0 aromatic carbocycles. The topological polar surface area (TPSA) is 208 Å². The van der Waals surface area contributed by atoms with Crippen molar-refractivity contribution in [2.45, 2.75) is 0 Å². The number of rotatable bonds is 0. The average Bonchev–Trinajstić information content (AvgIpc) is 1.70. The van der Waals surface area contributed by atoms with Crippen molar-refractivity contribution < 1.29 is 38.9 Å². The van der Waals surface area contributed by atoms with Crippen molar-refractivity contribution in [1.29, 1.82) is 0 Å². The van der Waals surface area contributed by atoms with Crippen molar-refractivity contribution in [2.24, 2.45) is 11.5 Å². The highest BCUT2D eigenvalue weighted by molar-refractivity contribution is 8.06. The minimum absolute atomic E-state index is 0.639. The summed E-state index contributed by atoms with van der Waals surface area (Å²) in [7, 11) is 0. The third kappa shape index (κ3) is 8400. The summed E-state index contributed by atoms with van der Waals surface area (Å²) in [6, 6.07) is 0. The van der Waals surface area contributed by atoms with Gasteiger partial charge >= 0.3 is 13.4 Å². The molecule has 2 amide bonds. The first-order chi connectivity index (χ1) is 7.46. The Labute approximate surface area is 123 Å². The summed E-state index contributed by atoms with van der Waals surface area (Å²) in [5, 5.41) is -1.28. The van der Waals surface area contributed by atoms with E-state index in [0.717, 1.165) is 0 Å². The number of carbonyl (C=O) groups is 2. The van der Waals surface area contributed by atoms with Gasteiger partial charge in [0, 0.05) is 0 Å². The molecule has 16 heteroatoms. The Hall–Kier alpha value is 0.700.